The largest absolute Gasteiger partial charge is 0.467 e. The van der Waals surface area contributed by atoms with Crippen LogP contribution in [-0.4, -0.2) is 34.9 Å². The molecule has 0 saturated carbocycles. The van der Waals surface area contributed by atoms with Gasteiger partial charge < -0.3 is 10.1 Å². The smallest absolute Gasteiger partial charge is 0.328 e. The standard InChI is InChI=1S/C16H17N3O5S/c1-9(2)13(16(21)24-3)18-14(20)12-8-25-15(17-12)10-4-6-11(7-5-10)19(22)23/h4-9,13H,1-3H3,(H,18,20)/t13-/m0/s1. The van der Waals surface area contributed by atoms with Crippen LogP contribution >= 0.6 is 11.3 Å². The molecule has 132 valence electrons. The van der Waals surface area contributed by atoms with Crippen LogP contribution in [0, 0.1) is 16.0 Å². The van der Waals surface area contributed by atoms with Gasteiger partial charge in [-0.3, -0.25) is 14.9 Å². The number of nitrogens with one attached hydrogen (secondary N) is 1. The number of non-ortho nitro benzene ring substituents is 1. The Bertz CT molecular complexity index is 785. The molecule has 2 aromatic rings. The summed E-state index contributed by atoms with van der Waals surface area (Å²) in [4.78, 5) is 38.5. The fourth-order valence-corrected chi connectivity index (χ4v) is 2.88. The van der Waals surface area contributed by atoms with E-state index < -0.39 is 22.8 Å². The van der Waals surface area contributed by atoms with E-state index in [0.29, 0.717) is 10.6 Å². The Kier molecular flexibility index (Phi) is 5.81. The molecule has 25 heavy (non-hydrogen) atoms. The Morgan fingerprint density at radius 1 is 1.28 bits per heavy atom. The van der Waals surface area contributed by atoms with Gasteiger partial charge >= 0.3 is 5.97 Å². The van der Waals surface area contributed by atoms with E-state index in [1.807, 2.05) is 0 Å². The van der Waals surface area contributed by atoms with Crippen molar-refractivity contribution >= 4 is 28.9 Å². The average molecular weight is 363 g/mol. The predicted molar refractivity (Wildman–Crippen MR) is 92.3 cm³/mol. The fourth-order valence-electron chi connectivity index (χ4n) is 2.08. The molecule has 1 aromatic carbocycles. The molecule has 2 rings (SSSR count). The van der Waals surface area contributed by atoms with Crippen LogP contribution in [0.25, 0.3) is 10.6 Å². The molecular formula is C16H17N3O5S. The van der Waals surface area contributed by atoms with Crippen LogP contribution in [0.5, 0.6) is 0 Å². The summed E-state index contributed by atoms with van der Waals surface area (Å²) in [6, 6.07) is 5.14. The topological polar surface area (TPSA) is 111 Å². The maximum Gasteiger partial charge on any atom is 0.328 e. The Hall–Kier alpha value is -2.81. The minimum atomic E-state index is -0.762. The number of hydrogen-bond acceptors (Lipinski definition) is 7. The van der Waals surface area contributed by atoms with Crippen LogP contribution in [0.1, 0.15) is 24.3 Å². The maximum absolute atomic E-state index is 12.3. The summed E-state index contributed by atoms with van der Waals surface area (Å²) >= 11 is 1.24. The lowest BCUT2D eigenvalue weighted by Gasteiger charge is -2.19. The number of esters is 1. The third-order valence-corrected chi connectivity index (χ3v) is 4.36. The molecule has 0 spiro atoms. The number of carbonyl (C=O) groups is 2. The van der Waals surface area contributed by atoms with Gasteiger partial charge in [-0.05, 0) is 18.1 Å². The number of ether oxygens (including phenoxy) is 1. The molecule has 1 heterocycles. The van der Waals surface area contributed by atoms with Crippen LogP contribution in [0.2, 0.25) is 0 Å². The van der Waals surface area contributed by atoms with E-state index in [9.17, 15) is 19.7 Å². The van der Waals surface area contributed by atoms with E-state index in [1.165, 1.54) is 30.6 Å². The van der Waals surface area contributed by atoms with Gasteiger partial charge in [-0.25, -0.2) is 9.78 Å². The molecule has 0 bridgehead atoms. The van der Waals surface area contributed by atoms with Crippen molar-refractivity contribution in [3.63, 3.8) is 0 Å². The van der Waals surface area contributed by atoms with Crippen molar-refractivity contribution in [3.8, 4) is 10.6 Å². The van der Waals surface area contributed by atoms with Crippen molar-refractivity contribution in [1.29, 1.82) is 0 Å². The van der Waals surface area contributed by atoms with Gasteiger partial charge in [-0.1, -0.05) is 13.8 Å². The number of rotatable bonds is 6. The fraction of sp³-hybridized carbons (Fsp3) is 0.312. The second-order valence-corrected chi connectivity index (χ2v) is 6.42. The molecule has 9 heteroatoms. The lowest BCUT2D eigenvalue weighted by Crippen LogP contribution is -2.45. The van der Waals surface area contributed by atoms with Crippen LogP contribution in [0.15, 0.2) is 29.6 Å². The molecule has 0 radical (unpaired) electrons. The second-order valence-electron chi connectivity index (χ2n) is 5.56. The van der Waals surface area contributed by atoms with Crippen molar-refractivity contribution in [2.24, 2.45) is 5.92 Å². The lowest BCUT2D eigenvalue weighted by atomic mass is 10.0. The van der Waals surface area contributed by atoms with E-state index in [0.717, 1.165) is 0 Å². The summed E-state index contributed by atoms with van der Waals surface area (Å²) in [5.74, 6) is -1.13. The highest BCUT2D eigenvalue weighted by molar-refractivity contribution is 7.13. The number of benzene rings is 1. The van der Waals surface area contributed by atoms with Crippen LogP contribution in [-0.2, 0) is 9.53 Å². The van der Waals surface area contributed by atoms with Gasteiger partial charge in [0.15, 0.2) is 0 Å². The Balaban J connectivity index is 2.15. The number of amides is 1. The first-order chi connectivity index (χ1) is 11.8. The molecule has 8 nitrogen and oxygen atoms in total. The number of carbonyl (C=O) groups excluding carboxylic acids is 2. The van der Waals surface area contributed by atoms with Gasteiger partial charge in [0.1, 0.15) is 16.7 Å². The lowest BCUT2D eigenvalue weighted by molar-refractivity contribution is -0.384. The average Bonchev–Trinajstić information content (AvgIpc) is 3.08. The van der Waals surface area contributed by atoms with Gasteiger partial charge in [0.2, 0.25) is 0 Å². The first kappa shape index (κ1) is 18.5. The Labute approximate surface area is 148 Å². The van der Waals surface area contributed by atoms with Crippen molar-refractivity contribution in [2.45, 2.75) is 19.9 Å². The van der Waals surface area contributed by atoms with Gasteiger partial charge in [0.05, 0.1) is 12.0 Å². The summed E-state index contributed by atoms with van der Waals surface area (Å²) in [5, 5.41) is 15.4. The molecule has 0 fully saturated rings. The number of nitro benzene ring substituents is 1. The molecule has 0 aliphatic heterocycles. The van der Waals surface area contributed by atoms with Crippen LogP contribution in [0.3, 0.4) is 0 Å². The first-order valence-electron chi connectivity index (χ1n) is 7.42. The summed E-state index contributed by atoms with van der Waals surface area (Å²) in [7, 11) is 1.26. The van der Waals surface area contributed by atoms with Crippen LogP contribution < -0.4 is 5.32 Å². The third kappa shape index (κ3) is 4.38. The van der Waals surface area contributed by atoms with E-state index in [4.69, 9.17) is 0 Å². The Morgan fingerprint density at radius 3 is 2.44 bits per heavy atom. The highest BCUT2D eigenvalue weighted by atomic mass is 32.1. The maximum atomic E-state index is 12.3. The molecule has 0 saturated heterocycles. The van der Waals surface area contributed by atoms with Crippen LogP contribution in [0.4, 0.5) is 5.69 Å². The zero-order chi connectivity index (χ0) is 18.6. The molecule has 1 atom stereocenters. The molecule has 0 unspecified atom stereocenters. The number of nitro groups is 1. The number of nitrogens with zero attached hydrogens (tertiary/aromatic N) is 2. The van der Waals surface area contributed by atoms with E-state index in [1.54, 1.807) is 31.4 Å². The first-order valence-corrected chi connectivity index (χ1v) is 8.30. The predicted octanol–water partition coefficient (Wildman–Crippen LogP) is 2.65. The SMILES string of the molecule is COC(=O)[C@@H](NC(=O)c1csc(-c2ccc([N+](=O)[O-])cc2)n1)C(C)C. The minimum Gasteiger partial charge on any atom is -0.467 e. The van der Waals surface area contributed by atoms with Crippen molar-refractivity contribution in [2.75, 3.05) is 7.11 Å². The molecular weight excluding hydrogens is 346 g/mol. The van der Waals surface area contributed by atoms with Gasteiger partial charge in [0.25, 0.3) is 11.6 Å². The molecule has 1 amide bonds. The third-order valence-electron chi connectivity index (χ3n) is 3.47. The van der Waals surface area contributed by atoms with Crippen molar-refractivity contribution in [3.05, 3.63) is 45.5 Å². The molecule has 1 N–H and O–H groups in total. The monoisotopic (exact) mass is 363 g/mol. The van der Waals surface area contributed by atoms with E-state index >= 15 is 0 Å². The van der Waals surface area contributed by atoms with Gasteiger partial charge in [-0.15, -0.1) is 11.3 Å². The minimum absolute atomic E-state index is 0.0175. The quantitative estimate of drug-likeness (QED) is 0.480. The summed E-state index contributed by atoms with van der Waals surface area (Å²) < 4.78 is 4.69. The number of aromatic nitrogens is 1. The summed E-state index contributed by atoms with van der Waals surface area (Å²) in [5.41, 5.74) is 0.826. The number of thiazole rings is 1. The van der Waals surface area contributed by atoms with Crippen molar-refractivity contribution in [1.82, 2.24) is 10.3 Å². The van der Waals surface area contributed by atoms with Crippen molar-refractivity contribution < 1.29 is 19.2 Å². The summed E-state index contributed by atoms with van der Waals surface area (Å²) in [6.45, 7) is 3.59. The number of hydrogen-bond donors (Lipinski definition) is 1. The zero-order valence-electron chi connectivity index (χ0n) is 13.9. The molecule has 0 aliphatic rings. The highest BCUT2D eigenvalue weighted by Crippen LogP contribution is 2.25. The number of methoxy groups -OCH3 is 1. The van der Waals surface area contributed by atoms with E-state index in [-0.39, 0.29) is 17.3 Å². The normalized spacial score (nSPS) is 11.8. The Morgan fingerprint density at radius 2 is 1.92 bits per heavy atom. The zero-order valence-corrected chi connectivity index (χ0v) is 14.7. The van der Waals surface area contributed by atoms with Gasteiger partial charge in [-0.2, -0.15) is 0 Å². The molecule has 1 aromatic heterocycles. The van der Waals surface area contributed by atoms with E-state index in [2.05, 4.69) is 15.0 Å². The summed E-state index contributed by atoms with van der Waals surface area (Å²) in [6.07, 6.45) is 0. The van der Waals surface area contributed by atoms with Gasteiger partial charge in [0, 0.05) is 23.1 Å². The second kappa shape index (κ2) is 7.84. The molecule has 0 aliphatic carbocycles. The highest BCUT2D eigenvalue weighted by Gasteiger charge is 2.26.